The van der Waals surface area contributed by atoms with E-state index >= 15 is 0 Å². The standard InChI is InChI=1S/C18H22ClN3O2S/c1-3-22(4-2)18-10-9-15(24-18)11-20-21-17(23)13-25-12-14-7-5-6-8-16(14)19/h5-11H,3-4,12-13H2,1-2H3,(H,21,23)/b20-11-. The van der Waals surface area contributed by atoms with Crippen molar-refractivity contribution in [3.8, 4) is 0 Å². The van der Waals surface area contributed by atoms with Gasteiger partial charge in [-0.1, -0.05) is 29.8 Å². The molecule has 5 nitrogen and oxygen atoms in total. The van der Waals surface area contributed by atoms with Crippen molar-refractivity contribution in [2.24, 2.45) is 5.10 Å². The Balaban J connectivity index is 1.74. The van der Waals surface area contributed by atoms with Crippen LogP contribution in [0.2, 0.25) is 5.02 Å². The van der Waals surface area contributed by atoms with Crippen molar-refractivity contribution < 1.29 is 9.21 Å². The molecule has 25 heavy (non-hydrogen) atoms. The van der Waals surface area contributed by atoms with E-state index < -0.39 is 0 Å². The van der Waals surface area contributed by atoms with Gasteiger partial charge < -0.3 is 9.32 Å². The van der Waals surface area contributed by atoms with E-state index in [9.17, 15) is 4.79 Å². The van der Waals surface area contributed by atoms with Crippen LogP contribution in [-0.4, -0.2) is 31.0 Å². The summed E-state index contributed by atoms with van der Waals surface area (Å²) in [6.07, 6.45) is 1.50. The number of anilines is 1. The van der Waals surface area contributed by atoms with Gasteiger partial charge in [-0.15, -0.1) is 11.8 Å². The lowest BCUT2D eigenvalue weighted by atomic mass is 10.2. The molecule has 0 spiro atoms. The zero-order valence-corrected chi connectivity index (χ0v) is 15.9. The largest absolute Gasteiger partial charge is 0.440 e. The Morgan fingerprint density at radius 1 is 1.28 bits per heavy atom. The molecule has 7 heteroatoms. The van der Waals surface area contributed by atoms with Gasteiger partial charge in [-0.3, -0.25) is 4.79 Å². The van der Waals surface area contributed by atoms with Crippen molar-refractivity contribution in [1.82, 2.24) is 5.43 Å². The number of amides is 1. The molecule has 0 fully saturated rings. The number of hydrazone groups is 1. The van der Waals surface area contributed by atoms with E-state index in [1.807, 2.05) is 36.4 Å². The monoisotopic (exact) mass is 379 g/mol. The van der Waals surface area contributed by atoms with Crippen LogP contribution in [0, 0.1) is 0 Å². The maximum atomic E-state index is 11.8. The molecule has 1 heterocycles. The molecule has 0 saturated heterocycles. The van der Waals surface area contributed by atoms with Crippen molar-refractivity contribution in [1.29, 1.82) is 0 Å². The second-order valence-corrected chi connectivity index (χ2v) is 6.62. The van der Waals surface area contributed by atoms with E-state index in [0.29, 0.717) is 17.3 Å². The van der Waals surface area contributed by atoms with Crippen molar-refractivity contribution in [3.63, 3.8) is 0 Å². The first-order chi connectivity index (χ1) is 12.1. The Hall–Kier alpha value is -1.92. The summed E-state index contributed by atoms with van der Waals surface area (Å²) < 4.78 is 5.67. The second kappa shape index (κ2) is 10.2. The fraction of sp³-hybridized carbons (Fsp3) is 0.333. The molecule has 1 aromatic heterocycles. The number of rotatable bonds is 9. The molecular weight excluding hydrogens is 358 g/mol. The van der Waals surface area contributed by atoms with E-state index in [0.717, 1.165) is 29.6 Å². The number of nitrogens with zero attached hydrogens (tertiary/aromatic N) is 2. The first-order valence-corrected chi connectivity index (χ1v) is 9.65. The summed E-state index contributed by atoms with van der Waals surface area (Å²) in [5, 5.41) is 4.65. The van der Waals surface area contributed by atoms with Crippen LogP contribution in [0.3, 0.4) is 0 Å². The summed E-state index contributed by atoms with van der Waals surface area (Å²) in [5.74, 6) is 2.23. The van der Waals surface area contributed by atoms with Gasteiger partial charge in [0, 0.05) is 29.9 Å². The molecule has 0 aliphatic rings. The third-order valence-corrected chi connectivity index (χ3v) is 4.87. The molecule has 1 aromatic carbocycles. The van der Waals surface area contributed by atoms with Gasteiger partial charge in [0.05, 0.1) is 12.0 Å². The molecule has 0 unspecified atom stereocenters. The Labute approximate surface area is 157 Å². The van der Waals surface area contributed by atoms with Gasteiger partial charge in [-0.2, -0.15) is 5.10 Å². The number of hydrogen-bond acceptors (Lipinski definition) is 5. The summed E-state index contributed by atoms with van der Waals surface area (Å²) in [5.41, 5.74) is 3.52. The zero-order valence-electron chi connectivity index (χ0n) is 14.4. The summed E-state index contributed by atoms with van der Waals surface area (Å²) >= 11 is 7.57. The van der Waals surface area contributed by atoms with Gasteiger partial charge in [0.15, 0.2) is 5.88 Å². The molecule has 0 bridgehead atoms. The molecule has 1 N–H and O–H groups in total. The predicted octanol–water partition coefficient (Wildman–Crippen LogP) is 4.16. The van der Waals surface area contributed by atoms with Crippen molar-refractivity contribution in [3.05, 3.63) is 52.7 Å². The SMILES string of the molecule is CCN(CC)c1ccc(/C=N\NC(=O)CSCc2ccccc2Cl)o1. The Kier molecular flexibility index (Phi) is 7.88. The van der Waals surface area contributed by atoms with Gasteiger partial charge in [-0.05, 0) is 31.5 Å². The summed E-state index contributed by atoms with van der Waals surface area (Å²) in [7, 11) is 0. The van der Waals surface area contributed by atoms with Gasteiger partial charge in [0.1, 0.15) is 5.76 Å². The van der Waals surface area contributed by atoms with Crippen molar-refractivity contribution in [2.75, 3.05) is 23.7 Å². The Morgan fingerprint density at radius 2 is 2.04 bits per heavy atom. The molecule has 1 amide bonds. The van der Waals surface area contributed by atoms with Crippen LogP contribution in [0.15, 0.2) is 45.9 Å². The second-order valence-electron chi connectivity index (χ2n) is 5.23. The number of hydrogen-bond donors (Lipinski definition) is 1. The molecule has 0 atom stereocenters. The van der Waals surface area contributed by atoms with Crippen LogP contribution >= 0.6 is 23.4 Å². The minimum Gasteiger partial charge on any atom is -0.440 e. The molecule has 2 rings (SSSR count). The van der Waals surface area contributed by atoms with E-state index in [-0.39, 0.29) is 5.91 Å². The number of carbonyl (C=O) groups excluding carboxylic acids is 1. The van der Waals surface area contributed by atoms with Crippen LogP contribution in [0.4, 0.5) is 5.88 Å². The van der Waals surface area contributed by atoms with Crippen LogP contribution in [-0.2, 0) is 10.5 Å². The maximum absolute atomic E-state index is 11.8. The van der Waals surface area contributed by atoms with Gasteiger partial charge in [0.25, 0.3) is 0 Å². The smallest absolute Gasteiger partial charge is 0.250 e. The average molecular weight is 380 g/mol. The zero-order chi connectivity index (χ0) is 18.1. The number of thioether (sulfide) groups is 1. The Bertz CT molecular complexity index is 714. The molecule has 0 aliphatic carbocycles. The number of furan rings is 1. The van der Waals surface area contributed by atoms with Crippen molar-refractivity contribution >= 4 is 41.4 Å². The van der Waals surface area contributed by atoms with Crippen LogP contribution in [0.5, 0.6) is 0 Å². The minimum absolute atomic E-state index is 0.163. The van der Waals surface area contributed by atoms with Crippen LogP contribution < -0.4 is 10.3 Å². The van der Waals surface area contributed by atoms with Crippen LogP contribution in [0.1, 0.15) is 25.2 Å². The third kappa shape index (κ3) is 6.14. The fourth-order valence-corrected chi connectivity index (χ4v) is 3.29. The van der Waals surface area contributed by atoms with Crippen molar-refractivity contribution in [2.45, 2.75) is 19.6 Å². The molecule has 2 aromatic rings. The first-order valence-electron chi connectivity index (χ1n) is 8.11. The molecule has 0 aliphatic heterocycles. The highest BCUT2D eigenvalue weighted by atomic mass is 35.5. The molecule has 0 radical (unpaired) electrons. The van der Waals surface area contributed by atoms with Gasteiger partial charge >= 0.3 is 0 Å². The van der Waals surface area contributed by atoms with Gasteiger partial charge in [0.2, 0.25) is 5.91 Å². The number of halogens is 1. The highest BCUT2D eigenvalue weighted by molar-refractivity contribution is 7.99. The first kappa shape index (κ1) is 19.4. The average Bonchev–Trinajstić information content (AvgIpc) is 3.06. The lowest BCUT2D eigenvalue weighted by molar-refractivity contribution is -0.118. The number of nitrogens with one attached hydrogen (secondary N) is 1. The highest BCUT2D eigenvalue weighted by Crippen LogP contribution is 2.20. The Morgan fingerprint density at radius 3 is 2.76 bits per heavy atom. The number of carbonyl (C=O) groups is 1. The van der Waals surface area contributed by atoms with E-state index in [2.05, 4.69) is 29.3 Å². The lowest BCUT2D eigenvalue weighted by Gasteiger charge is -2.16. The molecule has 0 saturated carbocycles. The third-order valence-electron chi connectivity index (χ3n) is 3.52. The summed E-state index contributed by atoms with van der Waals surface area (Å²) in [4.78, 5) is 13.9. The van der Waals surface area contributed by atoms with E-state index in [4.69, 9.17) is 16.0 Å². The number of benzene rings is 1. The van der Waals surface area contributed by atoms with Crippen LogP contribution in [0.25, 0.3) is 0 Å². The topological polar surface area (TPSA) is 57.8 Å². The van der Waals surface area contributed by atoms with E-state index in [1.54, 1.807) is 0 Å². The van der Waals surface area contributed by atoms with Gasteiger partial charge in [-0.25, -0.2) is 5.43 Å². The maximum Gasteiger partial charge on any atom is 0.250 e. The minimum atomic E-state index is -0.163. The molecular formula is C18H22ClN3O2S. The van der Waals surface area contributed by atoms with E-state index in [1.165, 1.54) is 18.0 Å². The lowest BCUT2D eigenvalue weighted by Crippen LogP contribution is -2.21. The quantitative estimate of drug-likeness (QED) is 0.525. The fourth-order valence-electron chi connectivity index (χ4n) is 2.19. The normalized spacial score (nSPS) is 11.0. The molecule has 134 valence electrons. The predicted molar refractivity (Wildman–Crippen MR) is 106 cm³/mol. The summed E-state index contributed by atoms with van der Waals surface area (Å²) in [6, 6.07) is 11.3. The highest BCUT2D eigenvalue weighted by Gasteiger charge is 2.06. The summed E-state index contributed by atoms with van der Waals surface area (Å²) in [6.45, 7) is 5.89.